The van der Waals surface area contributed by atoms with Gasteiger partial charge in [0.1, 0.15) is 5.75 Å². The van der Waals surface area contributed by atoms with Gasteiger partial charge in [-0.15, -0.1) is 0 Å². The summed E-state index contributed by atoms with van der Waals surface area (Å²) < 4.78 is 10.3. The van der Waals surface area contributed by atoms with Crippen molar-refractivity contribution < 1.29 is 23.9 Å². The van der Waals surface area contributed by atoms with Crippen molar-refractivity contribution in [3.05, 3.63) is 59.2 Å². The number of esters is 1. The van der Waals surface area contributed by atoms with E-state index < -0.39 is 18.5 Å². The minimum Gasteiger partial charge on any atom is -0.482 e. The molecule has 0 saturated heterocycles. The van der Waals surface area contributed by atoms with E-state index in [0.717, 1.165) is 23.2 Å². The van der Waals surface area contributed by atoms with E-state index in [1.807, 2.05) is 32.0 Å². The van der Waals surface area contributed by atoms with Crippen LogP contribution in [0.1, 0.15) is 35.3 Å². The number of aryl methyl sites for hydroxylation is 2. The molecule has 142 valence electrons. The van der Waals surface area contributed by atoms with E-state index >= 15 is 0 Å². The molecule has 2 rings (SSSR count). The topological polar surface area (TPSA) is 81.7 Å². The minimum absolute atomic E-state index is 0.0950. The van der Waals surface area contributed by atoms with Crippen molar-refractivity contribution in [2.75, 3.05) is 18.5 Å². The molecule has 6 heteroatoms. The lowest BCUT2D eigenvalue weighted by Gasteiger charge is -2.13. The fourth-order valence-corrected chi connectivity index (χ4v) is 2.51. The van der Waals surface area contributed by atoms with Crippen LogP contribution >= 0.6 is 0 Å². The average molecular weight is 369 g/mol. The van der Waals surface area contributed by atoms with Crippen LogP contribution in [0.5, 0.6) is 5.75 Å². The standard InChI is InChI=1S/C21H23NO5/c1-4-16-8-5-7-14(2)21(16)22-19(24)12-27-20(25)13-26-18-10-6-9-17(11-18)15(3)23/h5-11H,4,12-13H2,1-3H3,(H,22,24). The van der Waals surface area contributed by atoms with Crippen molar-refractivity contribution in [3.8, 4) is 5.75 Å². The molecule has 0 saturated carbocycles. The normalized spacial score (nSPS) is 10.2. The second kappa shape index (κ2) is 9.52. The number of hydrogen-bond donors (Lipinski definition) is 1. The van der Waals surface area contributed by atoms with E-state index in [-0.39, 0.29) is 12.4 Å². The minimum atomic E-state index is -0.668. The van der Waals surface area contributed by atoms with E-state index in [2.05, 4.69) is 5.32 Å². The highest BCUT2D eigenvalue weighted by Crippen LogP contribution is 2.21. The first kappa shape index (κ1) is 20.2. The summed E-state index contributed by atoms with van der Waals surface area (Å²) in [5.74, 6) is -0.788. The van der Waals surface area contributed by atoms with Crippen molar-refractivity contribution in [1.29, 1.82) is 0 Å². The van der Waals surface area contributed by atoms with Crippen LogP contribution < -0.4 is 10.1 Å². The van der Waals surface area contributed by atoms with E-state index in [9.17, 15) is 14.4 Å². The molecule has 27 heavy (non-hydrogen) atoms. The zero-order valence-corrected chi connectivity index (χ0v) is 15.7. The van der Waals surface area contributed by atoms with E-state index in [1.165, 1.54) is 6.92 Å². The predicted molar refractivity (Wildman–Crippen MR) is 102 cm³/mol. The molecular weight excluding hydrogens is 346 g/mol. The molecule has 1 N–H and O–H groups in total. The molecule has 0 spiro atoms. The monoisotopic (exact) mass is 369 g/mol. The Morgan fingerprint density at radius 2 is 1.78 bits per heavy atom. The van der Waals surface area contributed by atoms with Gasteiger partial charge in [0, 0.05) is 11.3 Å². The summed E-state index contributed by atoms with van der Waals surface area (Å²) >= 11 is 0. The number of ketones is 1. The first-order valence-electron chi connectivity index (χ1n) is 8.68. The molecule has 0 aromatic heterocycles. The first-order valence-corrected chi connectivity index (χ1v) is 8.68. The Balaban J connectivity index is 1.83. The van der Waals surface area contributed by atoms with Crippen molar-refractivity contribution in [2.45, 2.75) is 27.2 Å². The Kier molecular flexibility index (Phi) is 7.11. The molecular formula is C21H23NO5. The van der Waals surface area contributed by atoms with Crippen molar-refractivity contribution in [3.63, 3.8) is 0 Å². The van der Waals surface area contributed by atoms with E-state index in [4.69, 9.17) is 9.47 Å². The third-order valence-corrected chi connectivity index (χ3v) is 3.97. The number of amides is 1. The zero-order chi connectivity index (χ0) is 19.8. The lowest BCUT2D eigenvalue weighted by Crippen LogP contribution is -2.24. The maximum Gasteiger partial charge on any atom is 0.344 e. The molecule has 0 radical (unpaired) electrons. The van der Waals surface area contributed by atoms with Gasteiger partial charge in [-0.05, 0) is 43.5 Å². The molecule has 2 aromatic rings. The summed E-state index contributed by atoms with van der Waals surface area (Å²) in [6, 6.07) is 12.3. The van der Waals surface area contributed by atoms with Gasteiger partial charge in [0.05, 0.1) is 0 Å². The van der Waals surface area contributed by atoms with Crippen molar-refractivity contribution in [1.82, 2.24) is 0 Å². The number of Topliss-reactive ketones (excluding diaryl/α,β-unsaturated/α-hetero) is 1. The number of carbonyl (C=O) groups excluding carboxylic acids is 3. The van der Waals surface area contributed by atoms with Crippen LogP contribution in [-0.2, 0) is 20.7 Å². The van der Waals surface area contributed by atoms with Crippen LogP contribution in [0.2, 0.25) is 0 Å². The molecule has 0 unspecified atom stereocenters. The Bertz CT molecular complexity index is 844. The molecule has 0 heterocycles. The van der Waals surface area contributed by atoms with Gasteiger partial charge in [0.25, 0.3) is 5.91 Å². The SMILES string of the molecule is CCc1cccc(C)c1NC(=O)COC(=O)COc1cccc(C(C)=O)c1. The molecule has 1 amide bonds. The fourth-order valence-electron chi connectivity index (χ4n) is 2.51. The van der Waals surface area contributed by atoms with E-state index in [1.54, 1.807) is 24.3 Å². The Morgan fingerprint density at radius 3 is 2.48 bits per heavy atom. The molecule has 0 aliphatic rings. The van der Waals surface area contributed by atoms with Gasteiger partial charge >= 0.3 is 5.97 Å². The number of ether oxygens (including phenoxy) is 2. The summed E-state index contributed by atoms with van der Waals surface area (Å²) in [4.78, 5) is 35.2. The lowest BCUT2D eigenvalue weighted by molar-refractivity contribution is -0.149. The Hall–Kier alpha value is -3.15. The van der Waals surface area contributed by atoms with Crippen LogP contribution in [0.15, 0.2) is 42.5 Å². The van der Waals surface area contributed by atoms with Crippen LogP contribution in [0.3, 0.4) is 0 Å². The average Bonchev–Trinajstić information content (AvgIpc) is 2.66. The highest BCUT2D eigenvalue weighted by atomic mass is 16.6. The predicted octanol–water partition coefficient (Wildman–Crippen LogP) is 3.32. The quantitative estimate of drug-likeness (QED) is 0.570. The molecule has 6 nitrogen and oxygen atoms in total. The fraction of sp³-hybridized carbons (Fsp3) is 0.286. The number of para-hydroxylation sites is 1. The lowest BCUT2D eigenvalue weighted by atomic mass is 10.1. The summed E-state index contributed by atoms with van der Waals surface area (Å²) in [7, 11) is 0. The smallest absolute Gasteiger partial charge is 0.344 e. The van der Waals surface area contributed by atoms with Gasteiger partial charge < -0.3 is 14.8 Å². The number of carbonyl (C=O) groups is 3. The van der Waals surface area contributed by atoms with E-state index in [0.29, 0.717) is 11.3 Å². The largest absolute Gasteiger partial charge is 0.482 e. The van der Waals surface area contributed by atoms with Crippen molar-refractivity contribution >= 4 is 23.3 Å². The van der Waals surface area contributed by atoms with Crippen LogP contribution in [0.25, 0.3) is 0 Å². The van der Waals surface area contributed by atoms with Gasteiger partial charge in [-0.2, -0.15) is 0 Å². The Morgan fingerprint density at radius 1 is 1.04 bits per heavy atom. The number of anilines is 1. The maximum absolute atomic E-state index is 12.1. The van der Waals surface area contributed by atoms with Crippen LogP contribution in [0, 0.1) is 6.92 Å². The number of benzene rings is 2. The van der Waals surface area contributed by atoms with Gasteiger partial charge in [-0.25, -0.2) is 4.79 Å². The Labute approximate surface area is 158 Å². The second-order valence-electron chi connectivity index (χ2n) is 6.04. The molecule has 0 aliphatic carbocycles. The molecule has 0 aliphatic heterocycles. The molecule has 2 aromatic carbocycles. The van der Waals surface area contributed by atoms with Crippen molar-refractivity contribution in [2.24, 2.45) is 0 Å². The molecule has 0 fully saturated rings. The first-order chi connectivity index (χ1) is 12.9. The maximum atomic E-state index is 12.1. The third kappa shape index (κ3) is 5.95. The highest BCUT2D eigenvalue weighted by molar-refractivity contribution is 5.95. The summed E-state index contributed by atoms with van der Waals surface area (Å²) in [6.45, 7) is 4.61. The third-order valence-electron chi connectivity index (χ3n) is 3.97. The highest BCUT2D eigenvalue weighted by Gasteiger charge is 2.12. The van der Waals surface area contributed by atoms with Crippen LogP contribution in [0.4, 0.5) is 5.69 Å². The van der Waals surface area contributed by atoms with Gasteiger partial charge in [-0.1, -0.05) is 37.3 Å². The zero-order valence-electron chi connectivity index (χ0n) is 15.7. The second-order valence-corrected chi connectivity index (χ2v) is 6.04. The van der Waals surface area contributed by atoms with Gasteiger partial charge in [0.2, 0.25) is 0 Å². The number of rotatable bonds is 8. The van der Waals surface area contributed by atoms with Crippen LogP contribution in [-0.4, -0.2) is 30.9 Å². The summed E-state index contributed by atoms with van der Waals surface area (Å²) in [5.41, 5.74) is 3.20. The van der Waals surface area contributed by atoms with Gasteiger partial charge in [-0.3, -0.25) is 9.59 Å². The molecule has 0 bridgehead atoms. The number of nitrogens with one attached hydrogen (secondary N) is 1. The number of hydrogen-bond acceptors (Lipinski definition) is 5. The van der Waals surface area contributed by atoms with Gasteiger partial charge in [0.15, 0.2) is 19.0 Å². The summed E-state index contributed by atoms with van der Waals surface area (Å²) in [5, 5.41) is 2.78. The molecule has 0 atom stereocenters. The summed E-state index contributed by atoms with van der Waals surface area (Å²) in [6.07, 6.45) is 0.782.